The van der Waals surface area contributed by atoms with Gasteiger partial charge >= 0.3 is 0 Å². The van der Waals surface area contributed by atoms with E-state index in [0.29, 0.717) is 5.75 Å². The van der Waals surface area contributed by atoms with E-state index in [-0.39, 0.29) is 5.75 Å². The number of halogens is 20. The molecule has 7 aromatic carbocycles. The maximum atomic E-state index is 15.4. The van der Waals surface area contributed by atoms with Crippen molar-refractivity contribution in [2.45, 2.75) is 15.5 Å². The van der Waals surface area contributed by atoms with Crippen molar-refractivity contribution in [2.24, 2.45) is 0 Å². The van der Waals surface area contributed by atoms with Crippen LogP contribution in [0.3, 0.4) is 0 Å². The molecule has 0 aliphatic heterocycles. The molecule has 0 fully saturated rings. The minimum Gasteiger partial charge on any atom is -0.508 e. The van der Waals surface area contributed by atoms with Crippen LogP contribution in [0.4, 0.5) is 87.8 Å². The Morgan fingerprint density at radius 1 is 0.313 bits per heavy atom. The minimum absolute atomic E-state index is 0.217. The van der Waals surface area contributed by atoms with Crippen LogP contribution in [0.15, 0.2) is 94.7 Å². The Labute approximate surface area is 362 Å². The van der Waals surface area contributed by atoms with Crippen molar-refractivity contribution in [1.82, 2.24) is 0 Å². The molecule has 0 spiro atoms. The highest BCUT2D eigenvalue weighted by atomic mass is 32.2. The van der Waals surface area contributed by atoms with Gasteiger partial charge in [-0.2, -0.15) is 0 Å². The van der Waals surface area contributed by atoms with E-state index >= 15 is 35.1 Å². The summed E-state index contributed by atoms with van der Waals surface area (Å²) < 4.78 is 308. The second-order valence-electron chi connectivity index (χ2n) is 13.9. The van der Waals surface area contributed by atoms with Crippen molar-refractivity contribution >= 4 is 37.9 Å². The average molecular weight is 988 g/mol. The zero-order chi connectivity index (χ0) is 49.8. The van der Waals surface area contributed by atoms with Gasteiger partial charge in [-0.25, -0.2) is 87.8 Å². The van der Waals surface area contributed by atoms with E-state index in [0.717, 1.165) is 15.4 Å². The molecule has 2 nitrogen and oxygen atoms in total. The van der Waals surface area contributed by atoms with E-state index in [9.17, 15) is 62.0 Å². The van der Waals surface area contributed by atoms with Crippen LogP contribution in [-0.2, 0) is 19.9 Å². The molecule has 0 unspecified atom stereocenters. The van der Waals surface area contributed by atoms with Crippen LogP contribution in [0.2, 0.25) is 0 Å². The number of phenols is 1. The fourth-order valence-corrected chi connectivity index (χ4v) is 9.75. The summed E-state index contributed by atoms with van der Waals surface area (Å²) in [5.74, 6) is -70.8. The van der Waals surface area contributed by atoms with E-state index in [1.54, 1.807) is 12.1 Å². The number of hydrogen-bond acceptors (Lipinski definition) is 2. The Kier molecular flexibility index (Phi) is 13.6. The molecule has 0 radical (unpaired) electrons. The van der Waals surface area contributed by atoms with Crippen LogP contribution in [0, 0.1) is 116 Å². The monoisotopic (exact) mass is 988 g/mol. The molecule has 0 bridgehead atoms. The second kappa shape index (κ2) is 18.4. The fourth-order valence-electron chi connectivity index (χ4n) is 7.28. The van der Waals surface area contributed by atoms with Crippen LogP contribution in [0.1, 0.15) is 5.56 Å². The summed E-state index contributed by atoms with van der Waals surface area (Å²) in [6.07, 6.45) is -7.22. The van der Waals surface area contributed by atoms with Crippen molar-refractivity contribution in [3.05, 3.63) is 207 Å². The first-order chi connectivity index (χ1) is 31.4. The normalized spacial score (nSPS) is 11.8. The van der Waals surface area contributed by atoms with Gasteiger partial charge in [-0.05, 0) is 36.4 Å². The molecule has 24 heteroatoms. The molecule has 67 heavy (non-hydrogen) atoms. The number of phenolic OH excluding ortho intramolecular Hbond substituents is 1. The molecule has 0 saturated carbocycles. The fraction of sp³-hybridized carbons (Fsp3) is 0.0233. The van der Waals surface area contributed by atoms with Gasteiger partial charge in [-0.3, -0.25) is 0 Å². The van der Waals surface area contributed by atoms with Gasteiger partial charge in [-0.15, -0.1) is 21.9 Å². The largest absolute Gasteiger partial charge is 0.508 e. The summed E-state index contributed by atoms with van der Waals surface area (Å²) in [7, 11) is -2.39. The first kappa shape index (κ1) is 49.6. The molecular formula is C43H17BF20O2S. The Hall–Kier alpha value is -6.85. The van der Waals surface area contributed by atoms with Crippen LogP contribution >= 0.6 is 0 Å². The summed E-state index contributed by atoms with van der Waals surface area (Å²) in [6, 6.07) is 26.0. The van der Waals surface area contributed by atoms with Crippen molar-refractivity contribution in [3.8, 4) is 5.75 Å². The Morgan fingerprint density at radius 3 is 0.746 bits per heavy atom. The van der Waals surface area contributed by atoms with Crippen LogP contribution in [0.5, 0.6) is 5.75 Å². The highest BCUT2D eigenvalue weighted by Crippen LogP contribution is 2.34. The van der Waals surface area contributed by atoms with Gasteiger partial charge in [0.25, 0.3) is 0 Å². The van der Waals surface area contributed by atoms with Crippen molar-refractivity contribution in [1.29, 1.82) is 0 Å². The Bertz CT molecular complexity index is 2710. The lowest BCUT2D eigenvalue weighted by Crippen LogP contribution is -2.81. The van der Waals surface area contributed by atoms with Crippen molar-refractivity contribution in [2.75, 3.05) is 0 Å². The topological polar surface area (TPSA) is 37.3 Å². The minimum atomic E-state index is -7.22. The van der Waals surface area contributed by atoms with Gasteiger partial charge in [0.15, 0.2) is 89.5 Å². The summed E-state index contributed by atoms with van der Waals surface area (Å²) in [4.78, 5) is 1.66. The summed E-state index contributed by atoms with van der Waals surface area (Å²) in [5, 5.41) is 9.42. The molecular weight excluding hydrogens is 971 g/mol. The molecule has 0 amide bonds. The molecule has 0 aliphatic rings. The number of rotatable bonds is 8. The van der Waals surface area contributed by atoms with Crippen LogP contribution < -0.4 is 21.9 Å². The third-order valence-corrected chi connectivity index (χ3v) is 13.1. The molecule has 350 valence electrons. The third-order valence-electron chi connectivity index (χ3n) is 10.3. The van der Waals surface area contributed by atoms with Gasteiger partial charge in [0.05, 0.1) is 0 Å². The maximum Gasteiger partial charge on any atom is 0.200 e. The summed E-state index contributed by atoms with van der Waals surface area (Å²) >= 11 is 0. The van der Waals surface area contributed by atoms with Gasteiger partial charge in [0.2, 0.25) is 0 Å². The predicted octanol–water partition coefficient (Wildman–Crippen LogP) is 10.4. The molecule has 7 aromatic rings. The van der Waals surface area contributed by atoms with E-state index < -0.39 is 154 Å². The molecule has 0 saturated heterocycles. The zero-order valence-electron chi connectivity index (χ0n) is 32.2. The standard InChI is InChI=1S/C24BF20.C19H16O2S/c26-5-1(6(27)14(35)21(42)13(5)34)25(2-7(28)15(36)22(43)16(37)8(2)29,3-9(30)17(38)23(44)18(39)10(3)31)4-11(32)19(40)24(45)20(41)12(4)33;20-17-13-11-16(12-14-17)15-22(21,18-7-3-1-4-8-18)19-9-5-2-6-10-19/h;1-14H,15H2/q-1;/p+1. The van der Waals surface area contributed by atoms with Gasteiger partial charge in [0.1, 0.15) is 64.2 Å². The van der Waals surface area contributed by atoms with Gasteiger partial charge in [-0.1, -0.05) is 52.7 Å². The highest BCUT2D eigenvalue weighted by molar-refractivity contribution is 8.02. The molecule has 7 rings (SSSR count). The second-order valence-corrected chi connectivity index (χ2v) is 16.5. The van der Waals surface area contributed by atoms with E-state index in [1.165, 1.54) is 0 Å². The third kappa shape index (κ3) is 7.92. The lowest BCUT2D eigenvalue weighted by atomic mass is 9.12. The SMILES string of the molecule is Fc1c(F)c(F)c([B-](c2c(F)c(F)c(F)c(F)c2F)(c2c(F)c(F)c(F)c(F)c2F)c2c(F)c(F)c(F)c(F)c2F)c(F)c1F.O=[S+](Cc1ccc(O)cc1)(c1ccccc1)c1ccccc1. The number of aromatic hydroxyl groups is 1. The molecule has 0 aromatic heterocycles. The lowest BCUT2D eigenvalue weighted by Gasteiger charge is -2.44. The van der Waals surface area contributed by atoms with Gasteiger partial charge in [0, 0.05) is 5.56 Å². The Balaban J connectivity index is 0.000000279. The van der Waals surface area contributed by atoms with E-state index in [1.807, 2.05) is 72.8 Å². The lowest BCUT2D eigenvalue weighted by molar-refractivity contribution is 0.378. The summed E-state index contributed by atoms with van der Waals surface area (Å²) in [6.45, 7) is 0. The summed E-state index contributed by atoms with van der Waals surface area (Å²) in [5.41, 5.74) is -13.4. The first-order valence-electron chi connectivity index (χ1n) is 18.0. The smallest absolute Gasteiger partial charge is 0.200 e. The van der Waals surface area contributed by atoms with E-state index in [2.05, 4.69) is 0 Å². The van der Waals surface area contributed by atoms with Crippen molar-refractivity contribution in [3.63, 3.8) is 0 Å². The van der Waals surface area contributed by atoms with Crippen LogP contribution in [-0.4, -0.2) is 11.3 Å². The van der Waals surface area contributed by atoms with Crippen molar-refractivity contribution < 1.29 is 97.1 Å². The number of benzene rings is 7. The highest BCUT2D eigenvalue weighted by Gasteiger charge is 2.52. The maximum absolute atomic E-state index is 15.4. The van der Waals surface area contributed by atoms with E-state index in [4.69, 9.17) is 0 Å². The molecule has 0 heterocycles. The predicted molar refractivity (Wildman–Crippen MR) is 198 cm³/mol. The van der Waals surface area contributed by atoms with Gasteiger partial charge < -0.3 is 5.11 Å². The average Bonchev–Trinajstić information content (AvgIpc) is 3.32. The van der Waals surface area contributed by atoms with Crippen LogP contribution in [0.25, 0.3) is 0 Å². The zero-order valence-corrected chi connectivity index (χ0v) is 33.0. The molecule has 1 N–H and O–H groups in total. The quantitative estimate of drug-likeness (QED) is 0.0542. The number of hydrogen-bond donors (Lipinski definition) is 1. The Morgan fingerprint density at radius 2 is 0.522 bits per heavy atom. The molecule has 0 aliphatic carbocycles. The molecule has 0 atom stereocenters. The first-order valence-corrected chi connectivity index (χ1v) is 19.7.